The van der Waals surface area contributed by atoms with Crippen molar-refractivity contribution in [1.29, 1.82) is 0 Å². The number of halogens is 4. The average Bonchev–Trinajstić information content (AvgIpc) is 2.33. The lowest BCUT2D eigenvalue weighted by Gasteiger charge is -2.10. The molecule has 0 radical (unpaired) electrons. The molecular formula is C13H8BrF3OS. The summed E-state index contributed by atoms with van der Waals surface area (Å²) >= 11 is 4.46. The number of hydrogen-bond donors (Lipinski definition) is 1. The molecule has 0 unspecified atom stereocenters. The van der Waals surface area contributed by atoms with E-state index < -0.39 is 11.7 Å². The van der Waals surface area contributed by atoms with Crippen molar-refractivity contribution < 1.29 is 18.3 Å². The predicted octanol–water partition coefficient (Wildman–Crippen LogP) is 5.32. The third-order valence-electron chi connectivity index (χ3n) is 2.32. The van der Waals surface area contributed by atoms with Crippen LogP contribution >= 0.6 is 27.7 Å². The Morgan fingerprint density at radius 3 is 2.16 bits per heavy atom. The lowest BCUT2D eigenvalue weighted by molar-refractivity contribution is -0.137. The summed E-state index contributed by atoms with van der Waals surface area (Å²) in [7, 11) is 0. The van der Waals surface area contributed by atoms with Gasteiger partial charge in [-0.2, -0.15) is 13.2 Å². The van der Waals surface area contributed by atoms with Crippen LogP contribution in [0.3, 0.4) is 0 Å². The second kappa shape index (κ2) is 5.46. The van der Waals surface area contributed by atoms with Gasteiger partial charge in [-0.05, 0) is 58.4 Å². The molecule has 0 saturated carbocycles. The van der Waals surface area contributed by atoms with Crippen LogP contribution in [-0.4, -0.2) is 5.11 Å². The van der Waals surface area contributed by atoms with Gasteiger partial charge in [-0.1, -0.05) is 11.8 Å². The molecule has 100 valence electrons. The van der Waals surface area contributed by atoms with Crippen molar-refractivity contribution in [3.8, 4) is 5.75 Å². The quantitative estimate of drug-likeness (QED) is 0.791. The number of aromatic hydroxyl groups is 1. The molecule has 0 aliphatic rings. The van der Waals surface area contributed by atoms with Crippen molar-refractivity contribution in [3.05, 3.63) is 52.5 Å². The fourth-order valence-corrected chi connectivity index (χ4v) is 2.84. The number of phenolic OH excluding ortho intramolecular Hbond substituents is 1. The van der Waals surface area contributed by atoms with E-state index >= 15 is 0 Å². The molecule has 19 heavy (non-hydrogen) atoms. The maximum atomic E-state index is 12.5. The summed E-state index contributed by atoms with van der Waals surface area (Å²) in [6.45, 7) is 0. The van der Waals surface area contributed by atoms with Crippen molar-refractivity contribution in [2.75, 3.05) is 0 Å². The SMILES string of the molecule is Oc1ccc(Sc2ccc(C(F)(F)F)cc2Br)cc1. The summed E-state index contributed by atoms with van der Waals surface area (Å²) < 4.78 is 37.9. The summed E-state index contributed by atoms with van der Waals surface area (Å²) in [6.07, 6.45) is -4.34. The van der Waals surface area contributed by atoms with E-state index in [9.17, 15) is 13.2 Å². The van der Waals surface area contributed by atoms with E-state index in [0.29, 0.717) is 9.37 Å². The molecule has 6 heteroatoms. The molecule has 2 aromatic carbocycles. The normalized spacial score (nSPS) is 11.6. The molecule has 0 aliphatic carbocycles. The fourth-order valence-electron chi connectivity index (χ4n) is 1.40. The van der Waals surface area contributed by atoms with E-state index in [2.05, 4.69) is 15.9 Å². The molecule has 2 aromatic rings. The molecule has 0 atom stereocenters. The summed E-state index contributed by atoms with van der Waals surface area (Å²) in [5.74, 6) is 0.149. The van der Waals surface area contributed by atoms with Gasteiger partial charge in [0.25, 0.3) is 0 Å². The largest absolute Gasteiger partial charge is 0.508 e. The minimum absolute atomic E-state index is 0.149. The number of alkyl halides is 3. The third kappa shape index (κ3) is 3.67. The Balaban J connectivity index is 2.24. The molecule has 0 aromatic heterocycles. The summed E-state index contributed by atoms with van der Waals surface area (Å²) in [5.41, 5.74) is -0.686. The van der Waals surface area contributed by atoms with Crippen molar-refractivity contribution >= 4 is 27.7 Å². The van der Waals surface area contributed by atoms with Crippen molar-refractivity contribution in [3.63, 3.8) is 0 Å². The third-order valence-corrected chi connectivity index (χ3v) is 4.33. The van der Waals surface area contributed by atoms with Crippen LogP contribution in [0.2, 0.25) is 0 Å². The first kappa shape index (κ1) is 14.3. The van der Waals surface area contributed by atoms with Crippen LogP contribution in [0.4, 0.5) is 13.2 Å². The second-order valence-corrected chi connectivity index (χ2v) is 5.71. The molecule has 0 amide bonds. The van der Waals surface area contributed by atoms with E-state index in [1.54, 1.807) is 12.1 Å². The van der Waals surface area contributed by atoms with E-state index in [1.807, 2.05) is 0 Å². The lowest BCUT2D eigenvalue weighted by atomic mass is 10.2. The van der Waals surface area contributed by atoms with Gasteiger partial charge in [0.15, 0.2) is 0 Å². The van der Waals surface area contributed by atoms with E-state index in [-0.39, 0.29) is 5.75 Å². The zero-order valence-electron chi connectivity index (χ0n) is 9.41. The Bertz CT molecular complexity index is 581. The molecule has 1 N–H and O–H groups in total. The molecule has 0 fully saturated rings. The Morgan fingerprint density at radius 1 is 1.00 bits per heavy atom. The van der Waals surface area contributed by atoms with Gasteiger partial charge in [-0.15, -0.1) is 0 Å². The number of hydrogen-bond acceptors (Lipinski definition) is 2. The predicted molar refractivity (Wildman–Crippen MR) is 71.4 cm³/mol. The molecule has 0 bridgehead atoms. The van der Waals surface area contributed by atoms with Crippen LogP contribution in [0, 0.1) is 0 Å². The molecular weight excluding hydrogens is 341 g/mol. The molecule has 0 heterocycles. The van der Waals surface area contributed by atoms with Gasteiger partial charge in [-0.3, -0.25) is 0 Å². The first-order valence-electron chi connectivity index (χ1n) is 5.20. The Labute approximate surface area is 120 Å². The molecule has 0 spiro atoms. The Kier molecular flexibility index (Phi) is 4.10. The van der Waals surface area contributed by atoms with Crippen molar-refractivity contribution in [2.45, 2.75) is 16.0 Å². The summed E-state index contributed by atoms with van der Waals surface area (Å²) in [4.78, 5) is 1.51. The minimum Gasteiger partial charge on any atom is -0.508 e. The van der Waals surface area contributed by atoms with Gasteiger partial charge in [0, 0.05) is 14.3 Å². The molecule has 0 aliphatic heterocycles. The highest BCUT2D eigenvalue weighted by Gasteiger charge is 2.30. The van der Waals surface area contributed by atoms with Crippen LogP contribution in [-0.2, 0) is 6.18 Å². The first-order valence-corrected chi connectivity index (χ1v) is 6.81. The summed E-state index contributed by atoms with van der Waals surface area (Å²) in [6, 6.07) is 9.98. The maximum absolute atomic E-state index is 12.5. The Morgan fingerprint density at radius 2 is 1.63 bits per heavy atom. The lowest BCUT2D eigenvalue weighted by Crippen LogP contribution is -2.04. The molecule has 2 rings (SSSR count). The highest BCUT2D eigenvalue weighted by atomic mass is 79.9. The standard InChI is InChI=1S/C13H8BrF3OS/c14-11-7-8(13(15,16)17)1-6-12(11)19-10-4-2-9(18)3-5-10/h1-7,18H. The average molecular weight is 349 g/mol. The number of benzene rings is 2. The highest BCUT2D eigenvalue weighted by Crippen LogP contribution is 2.38. The maximum Gasteiger partial charge on any atom is 0.416 e. The van der Waals surface area contributed by atoms with Gasteiger partial charge >= 0.3 is 6.18 Å². The van der Waals surface area contributed by atoms with Gasteiger partial charge in [-0.25, -0.2) is 0 Å². The van der Waals surface area contributed by atoms with Gasteiger partial charge < -0.3 is 5.11 Å². The summed E-state index contributed by atoms with van der Waals surface area (Å²) in [5, 5.41) is 9.16. The molecule has 1 nitrogen and oxygen atoms in total. The zero-order chi connectivity index (χ0) is 14.0. The highest BCUT2D eigenvalue weighted by molar-refractivity contribution is 9.10. The first-order chi connectivity index (χ1) is 8.86. The van der Waals surface area contributed by atoms with Gasteiger partial charge in [0.05, 0.1) is 5.56 Å². The number of phenols is 1. The van der Waals surface area contributed by atoms with Gasteiger partial charge in [0.2, 0.25) is 0 Å². The van der Waals surface area contributed by atoms with E-state index in [0.717, 1.165) is 17.0 Å². The van der Waals surface area contributed by atoms with Crippen molar-refractivity contribution in [2.24, 2.45) is 0 Å². The zero-order valence-corrected chi connectivity index (χ0v) is 11.8. The fraction of sp³-hybridized carbons (Fsp3) is 0.0769. The van der Waals surface area contributed by atoms with E-state index in [1.165, 1.54) is 30.0 Å². The van der Waals surface area contributed by atoms with Crippen LogP contribution in [0.25, 0.3) is 0 Å². The molecule has 0 saturated heterocycles. The minimum atomic E-state index is -4.34. The van der Waals surface area contributed by atoms with Crippen molar-refractivity contribution in [1.82, 2.24) is 0 Å². The van der Waals surface area contributed by atoms with Gasteiger partial charge in [0.1, 0.15) is 5.75 Å². The Hall–Kier alpha value is -1.14. The monoisotopic (exact) mass is 348 g/mol. The topological polar surface area (TPSA) is 20.2 Å². The van der Waals surface area contributed by atoms with E-state index in [4.69, 9.17) is 5.11 Å². The second-order valence-electron chi connectivity index (χ2n) is 3.74. The van der Waals surface area contributed by atoms with Crippen LogP contribution < -0.4 is 0 Å². The smallest absolute Gasteiger partial charge is 0.416 e. The van der Waals surface area contributed by atoms with Crippen LogP contribution in [0.5, 0.6) is 5.75 Å². The van der Waals surface area contributed by atoms with Crippen LogP contribution in [0.15, 0.2) is 56.7 Å². The number of rotatable bonds is 2. The van der Waals surface area contributed by atoms with Crippen LogP contribution in [0.1, 0.15) is 5.56 Å².